The lowest BCUT2D eigenvalue weighted by Crippen LogP contribution is -2.38. The summed E-state index contributed by atoms with van der Waals surface area (Å²) >= 11 is 0. The molecule has 0 heterocycles. The molecule has 2 aromatic carbocycles. The first kappa shape index (κ1) is 22.8. The summed E-state index contributed by atoms with van der Waals surface area (Å²) in [6.07, 6.45) is -3.71. The number of benzene rings is 2. The van der Waals surface area contributed by atoms with Crippen molar-refractivity contribution in [2.45, 2.75) is 12.6 Å². The fourth-order valence-corrected chi connectivity index (χ4v) is 2.61. The van der Waals surface area contributed by atoms with Crippen LogP contribution >= 0.6 is 0 Å². The predicted octanol–water partition coefficient (Wildman–Crippen LogP) is 2.82. The fourth-order valence-electron chi connectivity index (χ4n) is 2.61. The number of aliphatic imine (C=N–C) groups is 1. The van der Waals surface area contributed by atoms with Crippen LogP contribution in [0.2, 0.25) is 0 Å². The SMILES string of the molecule is CN=C(NCC#Cc1cccc(C(F)(F)F)c1)NCCc1cccc(C(=O)NC)c1. The summed E-state index contributed by atoms with van der Waals surface area (Å²) in [7, 11) is 3.20. The van der Waals surface area contributed by atoms with Gasteiger partial charge in [0.05, 0.1) is 12.1 Å². The Morgan fingerprint density at radius 2 is 1.87 bits per heavy atom. The van der Waals surface area contributed by atoms with Crippen molar-refractivity contribution in [1.82, 2.24) is 16.0 Å². The lowest BCUT2D eigenvalue weighted by Gasteiger charge is -2.10. The Morgan fingerprint density at radius 3 is 2.57 bits per heavy atom. The summed E-state index contributed by atoms with van der Waals surface area (Å²) in [5.41, 5.74) is 1.18. The molecule has 8 heteroatoms. The van der Waals surface area contributed by atoms with Crippen LogP contribution in [0.3, 0.4) is 0 Å². The minimum Gasteiger partial charge on any atom is -0.356 e. The van der Waals surface area contributed by atoms with Gasteiger partial charge in [0.2, 0.25) is 0 Å². The van der Waals surface area contributed by atoms with E-state index >= 15 is 0 Å². The quantitative estimate of drug-likeness (QED) is 0.399. The van der Waals surface area contributed by atoms with Crippen molar-refractivity contribution in [2.75, 3.05) is 27.2 Å². The Bertz CT molecular complexity index is 959. The average Bonchev–Trinajstić information content (AvgIpc) is 2.74. The van der Waals surface area contributed by atoms with Crippen LogP contribution in [0, 0.1) is 11.8 Å². The molecule has 158 valence electrons. The predicted molar refractivity (Wildman–Crippen MR) is 111 cm³/mol. The standard InChI is InChI=1S/C22H23F3N4O/c1-26-20(30)18-9-3-6-17(14-18)11-13-29-21(27-2)28-12-5-8-16-7-4-10-19(15-16)22(23,24)25/h3-4,6-7,9-10,14-15H,11-13H2,1-2H3,(H,26,30)(H2,27,28,29). The Balaban J connectivity index is 1.83. The largest absolute Gasteiger partial charge is 0.416 e. The molecule has 1 amide bonds. The van der Waals surface area contributed by atoms with E-state index < -0.39 is 11.7 Å². The summed E-state index contributed by atoms with van der Waals surface area (Å²) in [6, 6.07) is 12.2. The van der Waals surface area contributed by atoms with Gasteiger partial charge in [-0.05, 0) is 42.3 Å². The van der Waals surface area contributed by atoms with Crippen LogP contribution in [-0.2, 0) is 12.6 Å². The molecule has 0 bridgehead atoms. The Kier molecular flexibility index (Phi) is 8.29. The average molecular weight is 416 g/mol. The highest BCUT2D eigenvalue weighted by Gasteiger charge is 2.30. The zero-order valence-electron chi connectivity index (χ0n) is 16.7. The molecule has 3 N–H and O–H groups in total. The zero-order chi connectivity index (χ0) is 22.0. The first-order chi connectivity index (χ1) is 14.3. The lowest BCUT2D eigenvalue weighted by molar-refractivity contribution is -0.137. The van der Waals surface area contributed by atoms with Crippen molar-refractivity contribution >= 4 is 11.9 Å². The van der Waals surface area contributed by atoms with Gasteiger partial charge in [0.25, 0.3) is 5.91 Å². The van der Waals surface area contributed by atoms with Crippen molar-refractivity contribution in [3.05, 3.63) is 70.8 Å². The lowest BCUT2D eigenvalue weighted by atomic mass is 10.1. The molecule has 0 aliphatic heterocycles. The van der Waals surface area contributed by atoms with E-state index in [4.69, 9.17) is 0 Å². The number of hydrogen-bond donors (Lipinski definition) is 3. The molecule has 0 aliphatic rings. The Morgan fingerprint density at radius 1 is 1.10 bits per heavy atom. The molecule has 2 rings (SSSR count). The number of amides is 1. The summed E-state index contributed by atoms with van der Waals surface area (Å²) in [5.74, 6) is 5.88. The van der Waals surface area contributed by atoms with Gasteiger partial charge in [0.15, 0.2) is 5.96 Å². The van der Waals surface area contributed by atoms with Crippen molar-refractivity contribution in [3.8, 4) is 11.8 Å². The van der Waals surface area contributed by atoms with E-state index in [1.54, 1.807) is 20.2 Å². The van der Waals surface area contributed by atoms with E-state index in [2.05, 4.69) is 32.8 Å². The second kappa shape index (κ2) is 10.9. The third kappa shape index (κ3) is 7.17. The van der Waals surface area contributed by atoms with Gasteiger partial charge in [0.1, 0.15) is 0 Å². The van der Waals surface area contributed by atoms with Crippen molar-refractivity contribution in [2.24, 2.45) is 4.99 Å². The first-order valence-corrected chi connectivity index (χ1v) is 9.25. The maximum Gasteiger partial charge on any atom is 0.416 e. The zero-order valence-corrected chi connectivity index (χ0v) is 16.7. The topological polar surface area (TPSA) is 65.5 Å². The van der Waals surface area contributed by atoms with E-state index in [0.29, 0.717) is 30.1 Å². The molecule has 0 radical (unpaired) electrons. The summed E-state index contributed by atoms with van der Waals surface area (Å²) < 4.78 is 38.2. The smallest absolute Gasteiger partial charge is 0.356 e. The maximum absolute atomic E-state index is 12.7. The maximum atomic E-state index is 12.7. The number of guanidine groups is 1. The third-order valence-electron chi connectivity index (χ3n) is 4.11. The molecule has 0 unspecified atom stereocenters. The van der Waals surface area contributed by atoms with E-state index in [1.165, 1.54) is 12.1 Å². The van der Waals surface area contributed by atoms with Gasteiger partial charge in [-0.25, -0.2) is 0 Å². The third-order valence-corrected chi connectivity index (χ3v) is 4.11. The molecule has 0 atom stereocenters. The molecule has 2 aromatic rings. The number of nitrogens with zero attached hydrogens (tertiary/aromatic N) is 1. The summed E-state index contributed by atoms with van der Waals surface area (Å²) in [4.78, 5) is 15.8. The molecular formula is C22H23F3N4O. The van der Waals surface area contributed by atoms with Crippen LogP contribution in [0.1, 0.15) is 27.0 Å². The minimum absolute atomic E-state index is 0.137. The van der Waals surface area contributed by atoms with Crippen LogP contribution < -0.4 is 16.0 Å². The van der Waals surface area contributed by atoms with Crippen LogP contribution in [0.4, 0.5) is 13.2 Å². The minimum atomic E-state index is -4.39. The number of carbonyl (C=O) groups excluding carboxylic acids is 1. The van der Waals surface area contributed by atoms with Gasteiger partial charge in [-0.1, -0.05) is 30.0 Å². The number of carbonyl (C=O) groups is 1. The molecule has 0 saturated heterocycles. The van der Waals surface area contributed by atoms with Crippen molar-refractivity contribution in [3.63, 3.8) is 0 Å². The van der Waals surface area contributed by atoms with E-state index in [-0.39, 0.29) is 12.5 Å². The van der Waals surface area contributed by atoms with E-state index in [0.717, 1.165) is 17.7 Å². The van der Waals surface area contributed by atoms with Crippen LogP contribution in [0.15, 0.2) is 53.5 Å². The Hall–Kier alpha value is -3.47. The van der Waals surface area contributed by atoms with Gasteiger partial charge in [-0.2, -0.15) is 13.2 Å². The number of nitrogens with one attached hydrogen (secondary N) is 3. The van der Waals surface area contributed by atoms with Crippen LogP contribution in [0.25, 0.3) is 0 Å². The highest BCUT2D eigenvalue weighted by molar-refractivity contribution is 5.94. The van der Waals surface area contributed by atoms with E-state index in [1.807, 2.05) is 18.2 Å². The van der Waals surface area contributed by atoms with Gasteiger partial charge in [-0.3, -0.25) is 9.79 Å². The van der Waals surface area contributed by atoms with Gasteiger partial charge in [0, 0.05) is 31.8 Å². The molecule has 0 fully saturated rings. The molecule has 30 heavy (non-hydrogen) atoms. The molecule has 0 saturated carbocycles. The van der Waals surface area contributed by atoms with Gasteiger partial charge in [-0.15, -0.1) is 0 Å². The first-order valence-electron chi connectivity index (χ1n) is 9.25. The van der Waals surface area contributed by atoms with Gasteiger partial charge >= 0.3 is 6.18 Å². The van der Waals surface area contributed by atoms with Gasteiger partial charge < -0.3 is 16.0 Å². The molecular weight excluding hydrogens is 393 g/mol. The highest BCUT2D eigenvalue weighted by atomic mass is 19.4. The van der Waals surface area contributed by atoms with Crippen LogP contribution in [0.5, 0.6) is 0 Å². The summed E-state index contributed by atoms with van der Waals surface area (Å²) in [6.45, 7) is 0.806. The van der Waals surface area contributed by atoms with E-state index in [9.17, 15) is 18.0 Å². The molecule has 0 aromatic heterocycles. The highest BCUT2D eigenvalue weighted by Crippen LogP contribution is 2.29. The molecule has 0 spiro atoms. The monoisotopic (exact) mass is 416 g/mol. The number of halogens is 3. The number of rotatable bonds is 5. The summed E-state index contributed by atoms with van der Waals surface area (Å²) in [5, 5.41) is 8.71. The fraction of sp³-hybridized carbons (Fsp3) is 0.273. The number of alkyl halides is 3. The van der Waals surface area contributed by atoms with Crippen molar-refractivity contribution < 1.29 is 18.0 Å². The number of hydrogen-bond acceptors (Lipinski definition) is 2. The van der Waals surface area contributed by atoms with Crippen LogP contribution in [-0.4, -0.2) is 39.1 Å². The normalized spacial score (nSPS) is 11.3. The molecule has 0 aliphatic carbocycles. The molecule has 5 nitrogen and oxygen atoms in total. The van der Waals surface area contributed by atoms with Crippen molar-refractivity contribution in [1.29, 1.82) is 0 Å². The second-order valence-corrected chi connectivity index (χ2v) is 6.26. The Labute approximate surface area is 173 Å². The second-order valence-electron chi connectivity index (χ2n) is 6.26.